The molecule has 30 heavy (non-hydrogen) atoms. The normalized spacial score (nSPS) is 11.7. The minimum Gasteiger partial charge on any atom is -0.458 e. The highest BCUT2D eigenvalue weighted by Gasteiger charge is 2.24. The van der Waals surface area contributed by atoms with E-state index in [1.165, 1.54) is 11.3 Å². The molecular weight excluding hydrogens is 440 g/mol. The molecule has 1 aromatic heterocycles. The van der Waals surface area contributed by atoms with E-state index in [9.17, 15) is 9.59 Å². The van der Waals surface area contributed by atoms with Crippen molar-refractivity contribution < 1.29 is 14.3 Å². The molecule has 0 aliphatic rings. The Hall–Kier alpha value is -2.35. The van der Waals surface area contributed by atoms with Gasteiger partial charge in [0.05, 0.1) is 16.3 Å². The van der Waals surface area contributed by atoms with Gasteiger partial charge in [0, 0.05) is 10.9 Å². The molecule has 156 valence electrons. The van der Waals surface area contributed by atoms with E-state index in [-0.39, 0.29) is 6.61 Å². The summed E-state index contributed by atoms with van der Waals surface area (Å²) in [7, 11) is 0. The van der Waals surface area contributed by atoms with E-state index in [0.29, 0.717) is 28.5 Å². The summed E-state index contributed by atoms with van der Waals surface area (Å²) >= 11 is 9.18. The molecule has 2 aromatic carbocycles. The Bertz CT molecular complexity index is 995. The molecule has 8 heteroatoms. The van der Waals surface area contributed by atoms with Crippen LogP contribution >= 0.6 is 34.7 Å². The number of nitrogens with zero attached hydrogens (tertiary/aromatic N) is 1. The minimum absolute atomic E-state index is 0.0555. The van der Waals surface area contributed by atoms with Crippen LogP contribution in [-0.2, 0) is 16.1 Å². The van der Waals surface area contributed by atoms with Crippen molar-refractivity contribution in [3.63, 3.8) is 0 Å². The molecule has 0 saturated carbocycles. The molecule has 0 aliphatic carbocycles. The van der Waals surface area contributed by atoms with E-state index < -0.39 is 17.9 Å². The lowest BCUT2D eigenvalue weighted by Crippen LogP contribution is -2.42. The smallest absolute Gasteiger partial charge is 0.329 e. The van der Waals surface area contributed by atoms with Gasteiger partial charge in [-0.25, -0.2) is 9.78 Å². The number of hydrogen-bond acceptors (Lipinski definition) is 6. The van der Waals surface area contributed by atoms with Crippen molar-refractivity contribution in [1.82, 2.24) is 10.3 Å². The predicted octanol–water partition coefficient (Wildman–Crippen LogP) is 5.06. The maximum absolute atomic E-state index is 12.6. The number of carbonyl (C=O) groups excluding carboxylic acids is 2. The molecule has 1 unspecified atom stereocenters. The van der Waals surface area contributed by atoms with Gasteiger partial charge in [-0.05, 0) is 30.6 Å². The van der Waals surface area contributed by atoms with Crippen molar-refractivity contribution in [3.8, 4) is 10.6 Å². The van der Waals surface area contributed by atoms with E-state index in [1.54, 1.807) is 36.0 Å². The van der Waals surface area contributed by atoms with E-state index >= 15 is 0 Å². The van der Waals surface area contributed by atoms with Crippen LogP contribution in [0, 0.1) is 0 Å². The quantitative estimate of drug-likeness (QED) is 0.452. The summed E-state index contributed by atoms with van der Waals surface area (Å²) < 4.78 is 5.45. The van der Waals surface area contributed by atoms with Gasteiger partial charge in [-0.1, -0.05) is 54.1 Å². The highest BCUT2D eigenvalue weighted by atomic mass is 35.5. The summed E-state index contributed by atoms with van der Waals surface area (Å²) in [6.07, 6.45) is 2.40. The first kappa shape index (κ1) is 22.3. The van der Waals surface area contributed by atoms with Crippen molar-refractivity contribution in [2.45, 2.75) is 19.1 Å². The lowest BCUT2D eigenvalue weighted by Gasteiger charge is -2.17. The molecule has 0 bridgehead atoms. The number of benzene rings is 2. The molecule has 0 fully saturated rings. The van der Waals surface area contributed by atoms with Crippen LogP contribution < -0.4 is 5.32 Å². The van der Waals surface area contributed by atoms with Crippen LogP contribution in [0.3, 0.4) is 0 Å². The van der Waals surface area contributed by atoms with Gasteiger partial charge in [-0.15, -0.1) is 11.3 Å². The molecule has 1 N–H and O–H groups in total. The van der Waals surface area contributed by atoms with Gasteiger partial charge < -0.3 is 10.1 Å². The summed E-state index contributed by atoms with van der Waals surface area (Å²) in [6, 6.07) is 15.8. The summed E-state index contributed by atoms with van der Waals surface area (Å²) in [6.45, 7) is 0.0555. The third kappa shape index (κ3) is 6.08. The number of rotatable bonds is 9. The first-order valence-corrected chi connectivity index (χ1v) is 11.9. The second-order valence-electron chi connectivity index (χ2n) is 6.41. The number of hydrogen-bond donors (Lipinski definition) is 1. The fourth-order valence-corrected chi connectivity index (χ4v) is 4.20. The standard InChI is InChI=1S/C22H21ClN2O3S2/c1-29-12-11-19(25-20(26)17-9-5-6-10-18(17)23)22(27)28-13-16-14-30-21(24-16)15-7-3-2-4-8-15/h2-10,14,19H,11-13H2,1H3,(H,25,26). The Balaban J connectivity index is 1.62. The van der Waals surface area contributed by atoms with Crippen molar-refractivity contribution >= 4 is 46.6 Å². The number of nitrogens with one attached hydrogen (secondary N) is 1. The summed E-state index contributed by atoms with van der Waals surface area (Å²) in [5, 5.41) is 5.82. The third-order valence-electron chi connectivity index (χ3n) is 4.25. The number of ether oxygens (including phenoxy) is 1. The number of esters is 1. The fraction of sp³-hybridized carbons (Fsp3) is 0.227. The molecule has 0 aliphatic heterocycles. The minimum atomic E-state index is -0.756. The topological polar surface area (TPSA) is 68.3 Å². The van der Waals surface area contributed by atoms with Crippen molar-refractivity contribution in [1.29, 1.82) is 0 Å². The Morgan fingerprint density at radius 3 is 2.63 bits per heavy atom. The lowest BCUT2D eigenvalue weighted by molar-refractivity contribution is -0.147. The maximum Gasteiger partial charge on any atom is 0.329 e. The van der Waals surface area contributed by atoms with Crippen molar-refractivity contribution in [3.05, 3.63) is 76.3 Å². The number of carbonyl (C=O) groups is 2. The molecule has 0 radical (unpaired) electrons. The molecule has 0 saturated heterocycles. The molecule has 5 nitrogen and oxygen atoms in total. The van der Waals surface area contributed by atoms with Crippen LogP contribution in [-0.4, -0.2) is 34.9 Å². The Labute approximate surface area is 188 Å². The maximum atomic E-state index is 12.6. The second kappa shape index (κ2) is 11.2. The average Bonchev–Trinajstić information content (AvgIpc) is 3.25. The predicted molar refractivity (Wildman–Crippen MR) is 123 cm³/mol. The Morgan fingerprint density at radius 1 is 1.17 bits per heavy atom. The van der Waals surface area contributed by atoms with Crippen LogP contribution in [0.2, 0.25) is 5.02 Å². The molecular formula is C22H21ClN2O3S2. The van der Waals surface area contributed by atoms with Crippen molar-refractivity contribution in [2.75, 3.05) is 12.0 Å². The zero-order chi connectivity index (χ0) is 21.3. The Kier molecular flexibility index (Phi) is 8.30. The average molecular weight is 461 g/mol. The van der Waals surface area contributed by atoms with E-state index in [0.717, 1.165) is 10.6 Å². The van der Waals surface area contributed by atoms with E-state index in [1.807, 2.05) is 42.0 Å². The van der Waals surface area contributed by atoms with Crippen LogP contribution in [0.4, 0.5) is 0 Å². The van der Waals surface area contributed by atoms with Crippen LogP contribution in [0.15, 0.2) is 60.0 Å². The molecule has 1 atom stereocenters. The summed E-state index contributed by atoms with van der Waals surface area (Å²) in [5.74, 6) is -0.181. The Morgan fingerprint density at radius 2 is 1.90 bits per heavy atom. The van der Waals surface area contributed by atoms with Gasteiger partial charge >= 0.3 is 5.97 Å². The van der Waals surface area contributed by atoms with Crippen LogP contribution in [0.1, 0.15) is 22.5 Å². The van der Waals surface area contributed by atoms with Gasteiger partial charge in [0.2, 0.25) is 0 Å². The first-order chi connectivity index (χ1) is 14.6. The summed E-state index contributed by atoms with van der Waals surface area (Å²) in [5.41, 5.74) is 2.02. The van der Waals surface area contributed by atoms with Gasteiger partial charge in [0.15, 0.2) is 0 Å². The highest BCUT2D eigenvalue weighted by molar-refractivity contribution is 7.98. The molecule has 0 spiro atoms. The van der Waals surface area contributed by atoms with Crippen LogP contribution in [0.5, 0.6) is 0 Å². The van der Waals surface area contributed by atoms with Gasteiger partial charge in [0.1, 0.15) is 17.7 Å². The largest absolute Gasteiger partial charge is 0.458 e. The number of aromatic nitrogens is 1. The fourth-order valence-electron chi connectivity index (χ4n) is 2.70. The molecule has 3 aromatic rings. The number of thiazole rings is 1. The van der Waals surface area contributed by atoms with E-state index in [2.05, 4.69) is 10.3 Å². The zero-order valence-electron chi connectivity index (χ0n) is 16.3. The number of amides is 1. The monoisotopic (exact) mass is 460 g/mol. The zero-order valence-corrected chi connectivity index (χ0v) is 18.7. The molecule has 1 heterocycles. The van der Waals surface area contributed by atoms with Gasteiger partial charge in [-0.2, -0.15) is 11.8 Å². The lowest BCUT2D eigenvalue weighted by atomic mass is 10.1. The number of thioether (sulfide) groups is 1. The SMILES string of the molecule is CSCCC(NC(=O)c1ccccc1Cl)C(=O)OCc1csc(-c2ccccc2)n1. The molecule has 3 rings (SSSR count). The van der Waals surface area contributed by atoms with Crippen molar-refractivity contribution in [2.24, 2.45) is 0 Å². The second-order valence-corrected chi connectivity index (χ2v) is 8.66. The van der Waals surface area contributed by atoms with Gasteiger partial charge in [0.25, 0.3) is 5.91 Å². The molecule has 1 amide bonds. The van der Waals surface area contributed by atoms with E-state index in [4.69, 9.17) is 16.3 Å². The summed E-state index contributed by atoms with van der Waals surface area (Å²) in [4.78, 5) is 29.7. The first-order valence-electron chi connectivity index (χ1n) is 9.29. The van der Waals surface area contributed by atoms with Crippen LogP contribution in [0.25, 0.3) is 10.6 Å². The van der Waals surface area contributed by atoms with Gasteiger partial charge in [-0.3, -0.25) is 4.79 Å². The highest BCUT2D eigenvalue weighted by Crippen LogP contribution is 2.23. The number of halogens is 1. The third-order valence-corrected chi connectivity index (χ3v) is 6.17.